The van der Waals surface area contributed by atoms with E-state index in [1.54, 1.807) is 47.3 Å². The highest BCUT2D eigenvalue weighted by Gasteiger charge is 2.21. The Bertz CT molecular complexity index is 1150. The van der Waals surface area contributed by atoms with Gasteiger partial charge in [-0.3, -0.25) is 0 Å². The number of nitrogens with two attached hydrogens (primary N) is 1. The number of ether oxygens (including phenoxy) is 1. The fraction of sp³-hybridized carbons (Fsp3) is 0.0588. The first kappa shape index (κ1) is 16.3. The van der Waals surface area contributed by atoms with Crippen LogP contribution in [0, 0.1) is 0 Å². The Kier molecular flexibility index (Phi) is 3.94. The Labute approximate surface area is 149 Å². The topological polar surface area (TPSA) is 112 Å². The van der Waals surface area contributed by atoms with Crippen molar-refractivity contribution in [2.45, 2.75) is 4.90 Å². The fourth-order valence-corrected chi connectivity index (χ4v) is 3.46. The minimum atomic E-state index is -3.95. The predicted molar refractivity (Wildman–Crippen MR) is 96.6 cm³/mol. The molecule has 1 aliphatic heterocycles. The summed E-state index contributed by atoms with van der Waals surface area (Å²) in [7, 11) is -3.95. The van der Waals surface area contributed by atoms with E-state index in [4.69, 9.17) is 9.88 Å². The van der Waals surface area contributed by atoms with Gasteiger partial charge in [0.1, 0.15) is 11.5 Å². The summed E-state index contributed by atoms with van der Waals surface area (Å²) in [6.07, 6.45) is 8.33. The molecule has 132 valence electrons. The molecule has 0 atom stereocenters. The molecule has 1 aromatic carbocycles. The van der Waals surface area contributed by atoms with Crippen molar-refractivity contribution in [1.82, 2.24) is 14.6 Å². The van der Waals surface area contributed by atoms with E-state index >= 15 is 0 Å². The Balaban J connectivity index is 1.94. The summed E-state index contributed by atoms with van der Waals surface area (Å²) >= 11 is 0. The van der Waals surface area contributed by atoms with Crippen molar-refractivity contribution in [3.8, 4) is 11.3 Å². The van der Waals surface area contributed by atoms with Crippen LogP contribution in [0.4, 0.5) is 5.69 Å². The summed E-state index contributed by atoms with van der Waals surface area (Å²) in [6.45, 7) is 0.392. The normalized spacial score (nSPS) is 14.1. The Morgan fingerprint density at radius 1 is 1.23 bits per heavy atom. The van der Waals surface area contributed by atoms with Gasteiger partial charge in [0, 0.05) is 17.5 Å². The van der Waals surface area contributed by atoms with Crippen LogP contribution in [0.5, 0.6) is 0 Å². The summed E-state index contributed by atoms with van der Waals surface area (Å²) in [5, 5.41) is 12.9. The van der Waals surface area contributed by atoms with E-state index in [0.29, 0.717) is 34.9 Å². The van der Waals surface area contributed by atoms with Gasteiger partial charge < -0.3 is 10.1 Å². The van der Waals surface area contributed by atoms with Crippen molar-refractivity contribution in [1.29, 1.82) is 0 Å². The number of allylic oxidation sites excluding steroid dienone is 1. The minimum absolute atomic E-state index is 0.0123. The molecule has 0 spiro atoms. The van der Waals surface area contributed by atoms with Gasteiger partial charge in [-0.25, -0.2) is 23.1 Å². The van der Waals surface area contributed by atoms with Crippen LogP contribution in [0.1, 0.15) is 0 Å². The Morgan fingerprint density at radius 2 is 2.12 bits per heavy atom. The zero-order valence-corrected chi connectivity index (χ0v) is 14.3. The van der Waals surface area contributed by atoms with Gasteiger partial charge in [0.05, 0.1) is 23.8 Å². The van der Waals surface area contributed by atoms with E-state index in [1.807, 2.05) is 6.07 Å². The largest absolute Gasteiger partial charge is 0.497 e. The lowest BCUT2D eigenvalue weighted by Crippen LogP contribution is -2.16. The number of sulfonamides is 1. The molecule has 9 heteroatoms. The number of para-hydroxylation sites is 1. The van der Waals surface area contributed by atoms with Crippen LogP contribution >= 0.6 is 0 Å². The summed E-state index contributed by atoms with van der Waals surface area (Å²) in [4.78, 5) is 4.31. The number of imidazole rings is 1. The monoisotopic (exact) mass is 369 g/mol. The molecule has 3 aromatic rings. The van der Waals surface area contributed by atoms with Crippen molar-refractivity contribution in [2.75, 3.05) is 11.9 Å². The highest BCUT2D eigenvalue weighted by atomic mass is 32.2. The highest BCUT2D eigenvalue weighted by Crippen LogP contribution is 2.34. The zero-order valence-electron chi connectivity index (χ0n) is 13.5. The number of primary sulfonamides is 1. The minimum Gasteiger partial charge on any atom is -0.497 e. The van der Waals surface area contributed by atoms with E-state index in [9.17, 15) is 8.42 Å². The molecule has 0 saturated carbocycles. The first-order chi connectivity index (χ1) is 12.5. The van der Waals surface area contributed by atoms with Crippen LogP contribution in [0.2, 0.25) is 0 Å². The smallest absolute Gasteiger partial charge is 0.240 e. The van der Waals surface area contributed by atoms with Gasteiger partial charge in [-0.05, 0) is 30.4 Å². The number of hydrogen-bond acceptors (Lipinski definition) is 6. The molecule has 26 heavy (non-hydrogen) atoms. The maximum Gasteiger partial charge on any atom is 0.240 e. The van der Waals surface area contributed by atoms with Crippen molar-refractivity contribution in [3.05, 3.63) is 66.8 Å². The second kappa shape index (κ2) is 6.28. The Hall–Kier alpha value is -3.17. The van der Waals surface area contributed by atoms with Crippen LogP contribution in [0.3, 0.4) is 0 Å². The molecule has 0 radical (unpaired) electrons. The molecule has 0 amide bonds. The number of benzene rings is 1. The number of nitrogens with one attached hydrogen (secondary N) is 1. The molecule has 0 unspecified atom stereocenters. The second-order valence-electron chi connectivity index (χ2n) is 5.58. The van der Waals surface area contributed by atoms with Gasteiger partial charge in [-0.15, -0.1) is 0 Å². The van der Waals surface area contributed by atoms with Crippen LogP contribution in [0.15, 0.2) is 71.7 Å². The van der Waals surface area contributed by atoms with Crippen LogP contribution in [0.25, 0.3) is 16.9 Å². The molecule has 1 aliphatic rings. The van der Waals surface area contributed by atoms with Crippen molar-refractivity contribution in [3.63, 3.8) is 0 Å². The van der Waals surface area contributed by atoms with E-state index in [1.165, 1.54) is 12.3 Å². The number of fused-ring (bicyclic) bond motifs is 1. The number of hydrogen-bond donors (Lipinski definition) is 2. The molecule has 4 rings (SSSR count). The third-order valence-corrected chi connectivity index (χ3v) is 4.85. The summed E-state index contributed by atoms with van der Waals surface area (Å²) in [5.74, 6) is 0. The molecule has 2 aromatic heterocycles. The average Bonchev–Trinajstić information content (AvgIpc) is 3.06. The van der Waals surface area contributed by atoms with E-state index in [-0.39, 0.29) is 4.90 Å². The summed E-state index contributed by atoms with van der Waals surface area (Å²) < 4.78 is 31.0. The summed E-state index contributed by atoms with van der Waals surface area (Å²) in [6, 6.07) is 8.48. The maximum atomic E-state index is 12.1. The van der Waals surface area contributed by atoms with Gasteiger partial charge in [-0.2, -0.15) is 5.10 Å². The summed E-state index contributed by atoms with van der Waals surface area (Å²) in [5.41, 5.74) is 2.98. The van der Waals surface area contributed by atoms with E-state index < -0.39 is 10.0 Å². The quantitative estimate of drug-likeness (QED) is 0.726. The molecule has 0 aliphatic carbocycles. The lowest BCUT2D eigenvalue weighted by atomic mass is 10.1. The first-order valence-corrected chi connectivity index (χ1v) is 9.29. The van der Waals surface area contributed by atoms with Gasteiger partial charge in [0.2, 0.25) is 10.0 Å². The zero-order chi connectivity index (χ0) is 18.1. The lowest BCUT2D eigenvalue weighted by Gasteiger charge is -2.17. The van der Waals surface area contributed by atoms with Crippen LogP contribution in [-0.2, 0) is 14.8 Å². The molecule has 0 bridgehead atoms. The number of aromatic nitrogens is 3. The SMILES string of the molecule is NS(=O)(=O)c1cccc(-c2cnc3cccnn23)c1NC1=CCOC=C1. The van der Waals surface area contributed by atoms with Crippen molar-refractivity contribution >= 4 is 21.4 Å². The number of anilines is 1. The van der Waals surface area contributed by atoms with Gasteiger partial charge >= 0.3 is 0 Å². The molecular formula is C17H15N5O3S. The first-order valence-electron chi connectivity index (χ1n) is 7.74. The third kappa shape index (κ3) is 2.93. The van der Waals surface area contributed by atoms with Gasteiger partial charge in [-0.1, -0.05) is 12.1 Å². The highest BCUT2D eigenvalue weighted by molar-refractivity contribution is 7.89. The number of rotatable bonds is 4. The number of nitrogens with zero attached hydrogens (tertiary/aromatic N) is 3. The lowest BCUT2D eigenvalue weighted by molar-refractivity contribution is 0.284. The molecule has 3 heterocycles. The average molecular weight is 369 g/mol. The Morgan fingerprint density at radius 3 is 2.88 bits per heavy atom. The third-order valence-electron chi connectivity index (χ3n) is 3.90. The predicted octanol–water partition coefficient (Wildman–Crippen LogP) is 1.88. The van der Waals surface area contributed by atoms with Crippen LogP contribution < -0.4 is 10.5 Å². The maximum absolute atomic E-state index is 12.1. The molecular weight excluding hydrogens is 354 g/mol. The molecule has 0 fully saturated rings. The van der Waals surface area contributed by atoms with Crippen molar-refractivity contribution < 1.29 is 13.2 Å². The second-order valence-corrected chi connectivity index (χ2v) is 7.11. The fourth-order valence-electron chi connectivity index (χ4n) is 2.74. The van der Waals surface area contributed by atoms with Crippen molar-refractivity contribution in [2.24, 2.45) is 5.14 Å². The van der Waals surface area contributed by atoms with Crippen LogP contribution in [-0.4, -0.2) is 29.6 Å². The standard InChI is InChI=1S/C17H15N5O3S/c18-26(23,24)15-4-1-3-13(17(15)21-12-6-9-25-10-7-12)14-11-19-16-5-2-8-20-22(14)16/h1-9,11,21H,10H2,(H2,18,23,24). The van der Waals surface area contributed by atoms with E-state index in [0.717, 1.165) is 0 Å². The molecule has 0 saturated heterocycles. The van der Waals surface area contributed by atoms with Gasteiger partial charge in [0.25, 0.3) is 0 Å². The molecule has 3 N–H and O–H groups in total. The van der Waals surface area contributed by atoms with Gasteiger partial charge in [0.15, 0.2) is 5.65 Å². The van der Waals surface area contributed by atoms with E-state index in [2.05, 4.69) is 15.4 Å². The molecule has 8 nitrogen and oxygen atoms in total.